The van der Waals surface area contributed by atoms with E-state index in [0.717, 1.165) is 24.3 Å². The molecule has 2 aromatic rings. The Morgan fingerprint density at radius 3 is 2.22 bits per heavy atom. The van der Waals surface area contributed by atoms with Crippen LogP contribution in [0.15, 0.2) is 48.5 Å². The number of hydrogen-bond donors (Lipinski definition) is 2. The van der Waals surface area contributed by atoms with Crippen LogP contribution in [-0.4, -0.2) is 22.8 Å². The van der Waals surface area contributed by atoms with Crippen molar-refractivity contribution < 1.29 is 27.7 Å². The van der Waals surface area contributed by atoms with E-state index in [1.54, 1.807) is 0 Å². The summed E-state index contributed by atoms with van der Waals surface area (Å²) in [5.41, 5.74) is 4.14. The number of nitro groups is 1. The number of rotatable bonds is 6. The Morgan fingerprint density at radius 2 is 1.70 bits per heavy atom. The lowest BCUT2D eigenvalue weighted by Gasteiger charge is -2.16. The Bertz CT molecular complexity index is 866. The third kappa shape index (κ3) is 5.03. The number of nitrogens with one attached hydrogen (secondary N) is 1. The van der Waals surface area contributed by atoms with E-state index in [-0.39, 0.29) is 23.2 Å². The van der Waals surface area contributed by atoms with E-state index in [1.165, 1.54) is 24.3 Å². The summed E-state index contributed by atoms with van der Waals surface area (Å²) >= 11 is 0. The van der Waals surface area contributed by atoms with Gasteiger partial charge in [0.05, 0.1) is 10.5 Å². The topological polar surface area (TPSA) is 115 Å². The molecule has 2 amide bonds. The van der Waals surface area contributed by atoms with Crippen molar-refractivity contribution in [2.75, 3.05) is 0 Å². The molecule has 3 N–H and O–H groups in total. The SMILES string of the molecule is NC(=O)[C@H](Cc1ccccc1[N+](=O)[O-])NC(=O)c1ccc(C(F)(F)F)cc1. The first-order chi connectivity index (χ1) is 12.6. The number of primary amides is 1. The highest BCUT2D eigenvalue weighted by Gasteiger charge is 2.30. The molecule has 0 bridgehead atoms. The highest BCUT2D eigenvalue weighted by atomic mass is 19.4. The van der Waals surface area contributed by atoms with Crippen LogP contribution in [0.5, 0.6) is 0 Å². The van der Waals surface area contributed by atoms with Crippen molar-refractivity contribution in [2.24, 2.45) is 5.73 Å². The van der Waals surface area contributed by atoms with Gasteiger partial charge in [-0.3, -0.25) is 19.7 Å². The highest BCUT2D eigenvalue weighted by molar-refractivity contribution is 5.97. The molecule has 0 fully saturated rings. The molecule has 2 rings (SSSR count). The molecule has 1 atom stereocenters. The molecule has 0 heterocycles. The quantitative estimate of drug-likeness (QED) is 0.591. The van der Waals surface area contributed by atoms with Crippen molar-refractivity contribution in [1.82, 2.24) is 5.32 Å². The number of para-hydroxylation sites is 1. The van der Waals surface area contributed by atoms with Crippen molar-refractivity contribution in [3.8, 4) is 0 Å². The summed E-state index contributed by atoms with van der Waals surface area (Å²) < 4.78 is 37.7. The molecule has 0 aliphatic rings. The Kier molecular flexibility index (Phi) is 5.78. The van der Waals surface area contributed by atoms with E-state index in [9.17, 15) is 32.9 Å². The van der Waals surface area contributed by atoms with Crippen LogP contribution < -0.4 is 11.1 Å². The fourth-order valence-corrected chi connectivity index (χ4v) is 2.36. The molecule has 0 aromatic heterocycles. The number of nitro benzene ring substituents is 1. The molecular formula is C17H14F3N3O4. The van der Waals surface area contributed by atoms with Gasteiger partial charge in [0.25, 0.3) is 11.6 Å². The van der Waals surface area contributed by atoms with E-state index < -0.39 is 34.5 Å². The number of carbonyl (C=O) groups is 2. The second kappa shape index (κ2) is 7.85. The highest BCUT2D eigenvalue weighted by Crippen LogP contribution is 2.29. The number of carbonyl (C=O) groups excluding carboxylic acids is 2. The van der Waals surface area contributed by atoms with Crippen LogP contribution in [-0.2, 0) is 17.4 Å². The molecule has 142 valence electrons. The maximum Gasteiger partial charge on any atom is 0.416 e. The smallest absolute Gasteiger partial charge is 0.368 e. The average Bonchev–Trinajstić information content (AvgIpc) is 2.60. The number of amides is 2. The summed E-state index contributed by atoms with van der Waals surface area (Å²) in [6.07, 6.45) is -4.78. The number of nitrogens with zero attached hydrogens (tertiary/aromatic N) is 1. The molecule has 7 nitrogen and oxygen atoms in total. The van der Waals surface area contributed by atoms with E-state index >= 15 is 0 Å². The lowest BCUT2D eigenvalue weighted by Crippen LogP contribution is -2.45. The van der Waals surface area contributed by atoms with Gasteiger partial charge in [0.15, 0.2) is 0 Å². The van der Waals surface area contributed by atoms with Gasteiger partial charge in [-0.1, -0.05) is 18.2 Å². The predicted octanol–water partition coefficient (Wildman–Crippen LogP) is 2.44. The summed E-state index contributed by atoms with van der Waals surface area (Å²) in [5, 5.41) is 13.3. The zero-order chi connectivity index (χ0) is 20.2. The molecular weight excluding hydrogens is 367 g/mol. The fourth-order valence-electron chi connectivity index (χ4n) is 2.36. The average molecular weight is 381 g/mol. The van der Waals surface area contributed by atoms with Crippen LogP contribution in [0.4, 0.5) is 18.9 Å². The van der Waals surface area contributed by atoms with Crippen LogP contribution in [0.1, 0.15) is 21.5 Å². The fraction of sp³-hybridized carbons (Fsp3) is 0.176. The largest absolute Gasteiger partial charge is 0.416 e. The molecule has 0 unspecified atom stereocenters. The van der Waals surface area contributed by atoms with Gasteiger partial charge in [-0.15, -0.1) is 0 Å². The van der Waals surface area contributed by atoms with Crippen molar-refractivity contribution >= 4 is 17.5 Å². The number of halogens is 3. The van der Waals surface area contributed by atoms with E-state index in [4.69, 9.17) is 5.73 Å². The first kappa shape index (κ1) is 19.9. The summed E-state index contributed by atoms with van der Waals surface area (Å²) in [5.74, 6) is -1.76. The third-order valence-electron chi connectivity index (χ3n) is 3.74. The maximum absolute atomic E-state index is 12.6. The van der Waals surface area contributed by atoms with Gasteiger partial charge in [-0.05, 0) is 24.3 Å². The minimum Gasteiger partial charge on any atom is -0.368 e. The van der Waals surface area contributed by atoms with Gasteiger partial charge in [0, 0.05) is 23.6 Å². The van der Waals surface area contributed by atoms with Crippen LogP contribution in [0, 0.1) is 10.1 Å². The second-order valence-electron chi connectivity index (χ2n) is 5.59. The Hall–Kier alpha value is -3.43. The predicted molar refractivity (Wildman–Crippen MR) is 88.7 cm³/mol. The monoisotopic (exact) mass is 381 g/mol. The summed E-state index contributed by atoms with van der Waals surface area (Å²) in [4.78, 5) is 34.2. The minimum absolute atomic E-state index is 0.114. The van der Waals surface area contributed by atoms with Gasteiger partial charge < -0.3 is 11.1 Å². The molecule has 0 radical (unpaired) electrons. The van der Waals surface area contributed by atoms with E-state index in [1.807, 2.05) is 0 Å². The van der Waals surface area contributed by atoms with Crippen LogP contribution in [0.3, 0.4) is 0 Å². The lowest BCUT2D eigenvalue weighted by molar-refractivity contribution is -0.385. The first-order valence-corrected chi connectivity index (χ1v) is 7.59. The van der Waals surface area contributed by atoms with E-state index in [0.29, 0.717) is 0 Å². The first-order valence-electron chi connectivity index (χ1n) is 7.59. The minimum atomic E-state index is -4.54. The summed E-state index contributed by atoms with van der Waals surface area (Å²) in [7, 11) is 0. The van der Waals surface area contributed by atoms with Crippen molar-refractivity contribution in [3.63, 3.8) is 0 Å². The second-order valence-corrected chi connectivity index (χ2v) is 5.59. The lowest BCUT2D eigenvalue weighted by atomic mass is 10.0. The maximum atomic E-state index is 12.6. The van der Waals surface area contributed by atoms with Crippen molar-refractivity contribution in [2.45, 2.75) is 18.6 Å². The van der Waals surface area contributed by atoms with Crippen LogP contribution in [0.25, 0.3) is 0 Å². The number of alkyl halides is 3. The van der Waals surface area contributed by atoms with Crippen LogP contribution in [0.2, 0.25) is 0 Å². The third-order valence-corrected chi connectivity index (χ3v) is 3.74. The normalized spacial score (nSPS) is 12.3. The zero-order valence-electron chi connectivity index (χ0n) is 13.7. The summed E-state index contributed by atoms with van der Waals surface area (Å²) in [6.45, 7) is 0. The Morgan fingerprint density at radius 1 is 1.11 bits per heavy atom. The number of benzene rings is 2. The van der Waals surface area contributed by atoms with Gasteiger partial charge in [0.1, 0.15) is 6.04 Å². The molecule has 0 spiro atoms. The van der Waals surface area contributed by atoms with Crippen LogP contribution >= 0.6 is 0 Å². The standard InChI is InChI=1S/C17H14F3N3O4/c18-17(19,20)12-7-5-10(6-8-12)16(25)22-13(15(21)24)9-11-3-1-2-4-14(11)23(26)27/h1-8,13H,9H2,(H2,21,24)(H,22,25)/t13-/m0/s1. The molecule has 27 heavy (non-hydrogen) atoms. The van der Waals surface area contributed by atoms with Gasteiger partial charge >= 0.3 is 6.18 Å². The van der Waals surface area contributed by atoms with Crippen molar-refractivity contribution in [3.05, 3.63) is 75.3 Å². The summed E-state index contributed by atoms with van der Waals surface area (Å²) in [6, 6.07) is 7.73. The molecule has 0 saturated heterocycles. The Labute approximate surface area is 151 Å². The number of hydrogen-bond acceptors (Lipinski definition) is 4. The number of nitrogens with two attached hydrogens (primary N) is 1. The van der Waals surface area contributed by atoms with Gasteiger partial charge in [-0.2, -0.15) is 13.2 Å². The molecule has 0 saturated carbocycles. The zero-order valence-corrected chi connectivity index (χ0v) is 13.7. The van der Waals surface area contributed by atoms with Gasteiger partial charge in [-0.25, -0.2) is 0 Å². The van der Waals surface area contributed by atoms with Gasteiger partial charge in [0.2, 0.25) is 5.91 Å². The Balaban J connectivity index is 2.18. The van der Waals surface area contributed by atoms with E-state index in [2.05, 4.69) is 5.32 Å². The molecule has 10 heteroatoms. The molecule has 2 aromatic carbocycles. The molecule has 0 aliphatic carbocycles. The van der Waals surface area contributed by atoms with Crippen molar-refractivity contribution in [1.29, 1.82) is 0 Å². The molecule has 0 aliphatic heterocycles.